The average Bonchev–Trinajstić information content (AvgIpc) is 3.07. The van der Waals surface area contributed by atoms with E-state index in [9.17, 15) is 21.6 Å². The second-order valence-electron chi connectivity index (χ2n) is 6.23. The summed E-state index contributed by atoms with van der Waals surface area (Å²) in [5, 5.41) is 7.38. The van der Waals surface area contributed by atoms with Crippen molar-refractivity contribution in [3.63, 3.8) is 0 Å². The number of hydrogen-bond donors (Lipinski definition) is 1. The fourth-order valence-corrected chi connectivity index (χ4v) is 6.77. The van der Waals surface area contributed by atoms with Crippen LogP contribution in [-0.4, -0.2) is 54.7 Å². The predicted molar refractivity (Wildman–Crippen MR) is 104 cm³/mol. The SMILES string of the molecule is O=S(=O)(NC1(CF)CC1)c1cc(Cl)c2c(I)nc(-c3nnc(C(F)F)[se]3)n2c1. The molecule has 1 N–H and O–H groups in total. The zero-order valence-electron chi connectivity index (χ0n) is 13.7. The van der Waals surface area contributed by atoms with Crippen molar-refractivity contribution in [3.8, 4) is 10.4 Å². The summed E-state index contributed by atoms with van der Waals surface area (Å²) in [5.74, 6) is 0.198. The van der Waals surface area contributed by atoms with E-state index in [0.29, 0.717) is 22.1 Å². The zero-order valence-corrected chi connectivity index (χ0v) is 19.1. The van der Waals surface area contributed by atoms with Crippen molar-refractivity contribution in [2.45, 2.75) is 29.7 Å². The molecule has 0 radical (unpaired) electrons. The molecule has 1 aliphatic carbocycles. The summed E-state index contributed by atoms with van der Waals surface area (Å²) in [5.41, 5.74) is -0.641. The number of nitrogens with one attached hydrogen (secondary N) is 1. The molecule has 150 valence electrons. The van der Waals surface area contributed by atoms with Gasteiger partial charge < -0.3 is 0 Å². The fraction of sp³-hybridized carbons (Fsp3) is 0.357. The molecule has 0 unspecified atom stereocenters. The van der Waals surface area contributed by atoms with E-state index >= 15 is 0 Å². The van der Waals surface area contributed by atoms with Crippen molar-refractivity contribution < 1.29 is 21.6 Å². The Morgan fingerprint density at radius 2 is 2.11 bits per heavy atom. The van der Waals surface area contributed by atoms with Gasteiger partial charge in [-0.3, -0.25) is 0 Å². The van der Waals surface area contributed by atoms with Gasteiger partial charge in [-0.15, -0.1) is 0 Å². The zero-order chi connectivity index (χ0) is 20.3. The minimum atomic E-state index is -4.05. The first-order valence-corrected chi connectivity index (χ1v) is 12.4. The number of halogens is 5. The van der Waals surface area contributed by atoms with Crippen LogP contribution in [0, 0.1) is 3.70 Å². The Morgan fingerprint density at radius 1 is 1.39 bits per heavy atom. The molecular formula is C14H10ClF3IN5O2SSe. The van der Waals surface area contributed by atoms with Crippen molar-refractivity contribution >= 4 is 64.2 Å². The fourth-order valence-electron chi connectivity index (χ4n) is 2.57. The Labute approximate surface area is 181 Å². The third-order valence-electron chi connectivity index (χ3n) is 4.21. The maximum atomic E-state index is 13.1. The molecule has 3 aromatic heterocycles. The summed E-state index contributed by atoms with van der Waals surface area (Å²) in [6, 6.07) is 1.25. The Kier molecular flexibility index (Phi) is 5.28. The topological polar surface area (TPSA) is 89.2 Å². The van der Waals surface area contributed by atoms with E-state index in [1.807, 2.05) is 22.6 Å². The second kappa shape index (κ2) is 7.20. The molecule has 4 rings (SSSR count). The van der Waals surface area contributed by atoms with Crippen LogP contribution in [-0.2, 0) is 10.0 Å². The molecule has 28 heavy (non-hydrogen) atoms. The van der Waals surface area contributed by atoms with Crippen molar-refractivity contribution in [2.24, 2.45) is 0 Å². The van der Waals surface area contributed by atoms with Gasteiger partial charge in [0.2, 0.25) is 0 Å². The summed E-state index contributed by atoms with van der Waals surface area (Å²) in [4.78, 5) is 4.13. The van der Waals surface area contributed by atoms with E-state index in [1.165, 1.54) is 16.7 Å². The van der Waals surface area contributed by atoms with Gasteiger partial charge in [0.15, 0.2) is 0 Å². The molecule has 0 spiro atoms. The molecule has 7 nitrogen and oxygen atoms in total. The van der Waals surface area contributed by atoms with E-state index in [1.54, 1.807) is 0 Å². The normalized spacial score (nSPS) is 16.2. The van der Waals surface area contributed by atoms with E-state index < -0.39 is 43.2 Å². The maximum absolute atomic E-state index is 13.1. The van der Waals surface area contributed by atoms with Gasteiger partial charge in [0.05, 0.1) is 0 Å². The standard InChI is InChI=1S/C14H10ClF3IN5O2SSe/c15-7-3-6(27(25,26)23-14(5-16)1-2-14)4-24-8(7)10(19)20-11(24)13-22-21-12(28-13)9(17)18/h3-4,9,23H,1-2,5H2. The van der Waals surface area contributed by atoms with E-state index in [4.69, 9.17) is 11.6 Å². The van der Waals surface area contributed by atoms with Crippen LogP contribution in [0.15, 0.2) is 17.2 Å². The molecule has 0 amide bonds. The van der Waals surface area contributed by atoms with Gasteiger partial charge in [-0.05, 0) is 0 Å². The first-order valence-electron chi connectivity index (χ1n) is 7.75. The first kappa shape index (κ1) is 20.5. The molecule has 3 aromatic rings. The molecule has 0 aliphatic heterocycles. The van der Waals surface area contributed by atoms with Gasteiger partial charge in [-0.2, -0.15) is 0 Å². The number of rotatable bonds is 6. The Hall–Kier alpha value is -0.731. The minimum absolute atomic E-state index is 0.109. The number of pyridine rings is 1. The average molecular weight is 611 g/mol. The molecule has 0 aromatic carbocycles. The van der Waals surface area contributed by atoms with Crippen LogP contribution in [0.1, 0.15) is 23.8 Å². The van der Waals surface area contributed by atoms with E-state index in [-0.39, 0.29) is 24.9 Å². The number of sulfonamides is 1. The van der Waals surface area contributed by atoms with Crippen LogP contribution in [0.2, 0.25) is 5.02 Å². The molecule has 0 atom stereocenters. The molecular weight excluding hydrogens is 601 g/mol. The molecule has 3 heterocycles. The third kappa shape index (κ3) is 3.60. The molecule has 1 fully saturated rings. The second-order valence-corrected chi connectivity index (χ2v) is 11.5. The van der Waals surface area contributed by atoms with Crippen LogP contribution in [0.5, 0.6) is 0 Å². The van der Waals surface area contributed by atoms with Gasteiger partial charge in [0.1, 0.15) is 0 Å². The number of nitrogens with zero attached hydrogens (tertiary/aromatic N) is 4. The summed E-state index contributed by atoms with van der Waals surface area (Å²) in [7, 11) is -4.05. The van der Waals surface area contributed by atoms with Gasteiger partial charge >= 0.3 is 182 Å². The van der Waals surface area contributed by atoms with Crippen LogP contribution in [0.4, 0.5) is 13.2 Å². The number of hydrogen-bond acceptors (Lipinski definition) is 5. The van der Waals surface area contributed by atoms with Gasteiger partial charge in [-0.1, -0.05) is 0 Å². The number of alkyl halides is 3. The molecule has 0 saturated heterocycles. The van der Waals surface area contributed by atoms with Crippen molar-refractivity contribution in [3.05, 3.63) is 25.6 Å². The van der Waals surface area contributed by atoms with E-state index in [2.05, 4.69) is 19.9 Å². The Morgan fingerprint density at radius 3 is 2.68 bits per heavy atom. The molecule has 1 aliphatic rings. The summed E-state index contributed by atoms with van der Waals surface area (Å²) in [6.07, 6.45) is -0.605. The summed E-state index contributed by atoms with van der Waals surface area (Å²) >= 11 is 7.35. The van der Waals surface area contributed by atoms with Gasteiger partial charge in [-0.25, -0.2) is 0 Å². The number of imidazole rings is 1. The summed E-state index contributed by atoms with van der Waals surface area (Å²) < 4.78 is 68.4. The number of aromatic nitrogens is 4. The quantitative estimate of drug-likeness (QED) is 0.343. The van der Waals surface area contributed by atoms with E-state index in [0.717, 1.165) is 0 Å². The third-order valence-corrected chi connectivity index (χ3v) is 8.74. The van der Waals surface area contributed by atoms with Gasteiger partial charge in [0, 0.05) is 0 Å². The van der Waals surface area contributed by atoms with Crippen LogP contribution in [0.25, 0.3) is 15.9 Å². The van der Waals surface area contributed by atoms with Crippen molar-refractivity contribution in [2.75, 3.05) is 6.67 Å². The van der Waals surface area contributed by atoms with Crippen LogP contribution >= 0.6 is 34.2 Å². The van der Waals surface area contributed by atoms with Crippen molar-refractivity contribution in [1.82, 2.24) is 24.3 Å². The van der Waals surface area contributed by atoms with Crippen molar-refractivity contribution in [1.29, 1.82) is 0 Å². The van der Waals surface area contributed by atoms with Crippen LogP contribution in [0.3, 0.4) is 0 Å². The number of fused-ring (bicyclic) bond motifs is 1. The van der Waals surface area contributed by atoms with Gasteiger partial charge in [0.25, 0.3) is 0 Å². The molecule has 14 heteroatoms. The Balaban J connectivity index is 1.85. The molecule has 1 saturated carbocycles. The summed E-state index contributed by atoms with van der Waals surface area (Å²) in [6.45, 7) is -0.802. The predicted octanol–water partition coefficient (Wildman–Crippen LogP) is 2.82. The Bertz CT molecular complexity index is 1180. The monoisotopic (exact) mass is 611 g/mol. The first-order chi connectivity index (χ1) is 13.2. The molecule has 0 bridgehead atoms. The van der Waals surface area contributed by atoms with Crippen LogP contribution < -0.4 is 4.72 Å².